The normalized spacial score (nSPS) is 16.7. The first-order valence-electron chi connectivity index (χ1n) is 7.71. The van der Waals surface area contributed by atoms with Gasteiger partial charge in [0.15, 0.2) is 0 Å². The van der Waals surface area contributed by atoms with Crippen LogP contribution in [-0.4, -0.2) is 26.5 Å². The Morgan fingerprint density at radius 1 is 1.29 bits per heavy atom. The number of pyridine rings is 1. The van der Waals surface area contributed by atoms with Gasteiger partial charge in [-0.3, -0.25) is 0 Å². The molecule has 1 aliphatic rings. The van der Waals surface area contributed by atoms with Gasteiger partial charge in [-0.1, -0.05) is 20.3 Å². The zero-order valence-corrected chi connectivity index (χ0v) is 13.7. The molecule has 118 valence electrons. The maximum absolute atomic E-state index is 12.5. The summed E-state index contributed by atoms with van der Waals surface area (Å²) >= 11 is 0. The van der Waals surface area contributed by atoms with Crippen LogP contribution >= 0.6 is 0 Å². The van der Waals surface area contributed by atoms with Gasteiger partial charge in [0.25, 0.3) is 0 Å². The van der Waals surface area contributed by atoms with E-state index in [4.69, 9.17) is 0 Å². The molecule has 21 heavy (non-hydrogen) atoms. The molecule has 0 bridgehead atoms. The number of rotatable bonds is 9. The number of sulfonamides is 1. The van der Waals surface area contributed by atoms with Gasteiger partial charge >= 0.3 is 0 Å². The Hall–Kier alpha value is -1.14. The molecule has 5 nitrogen and oxygen atoms in total. The quantitative estimate of drug-likeness (QED) is 0.735. The highest BCUT2D eigenvalue weighted by atomic mass is 32.2. The van der Waals surface area contributed by atoms with Crippen LogP contribution < -0.4 is 10.0 Å². The highest BCUT2D eigenvalue weighted by Crippen LogP contribution is 2.49. The molecule has 0 aromatic carbocycles. The van der Waals surface area contributed by atoms with Gasteiger partial charge < -0.3 is 5.32 Å². The van der Waals surface area contributed by atoms with E-state index in [0.29, 0.717) is 18.9 Å². The molecule has 1 heterocycles. The average molecular weight is 311 g/mol. The lowest BCUT2D eigenvalue weighted by Gasteiger charge is -2.16. The monoisotopic (exact) mass is 311 g/mol. The molecule has 2 N–H and O–H groups in total. The molecule has 0 spiro atoms. The SMILES string of the molecule is CCCNc1ncccc1S(=O)(=O)NCC1(CCC)CC1. The molecule has 0 saturated heterocycles. The molecular formula is C15H25N3O2S. The van der Waals surface area contributed by atoms with Gasteiger partial charge in [-0.25, -0.2) is 18.1 Å². The predicted octanol–water partition coefficient (Wildman–Crippen LogP) is 2.76. The second kappa shape index (κ2) is 6.75. The van der Waals surface area contributed by atoms with E-state index in [1.807, 2.05) is 6.92 Å². The third kappa shape index (κ3) is 4.17. The van der Waals surface area contributed by atoms with Crippen molar-refractivity contribution in [3.05, 3.63) is 18.3 Å². The molecule has 0 radical (unpaired) electrons. The average Bonchev–Trinajstić information content (AvgIpc) is 3.24. The standard InChI is InChI=1S/C15H25N3O2S/c1-3-7-15(8-9-15)12-18-21(19,20)13-6-5-11-17-14(13)16-10-4-2/h5-6,11,18H,3-4,7-10,12H2,1-2H3,(H,16,17). The van der Waals surface area contributed by atoms with Crippen LogP contribution in [0, 0.1) is 5.41 Å². The van der Waals surface area contributed by atoms with E-state index in [2.05, 4.69) is 21.9 Å². The smallest absolute Gasteiger partial charge is 0.244 e. The van der Waals surface area contributed by atoms with Crippen molar-refractivity contribution in [1.82, 2.24) is 9.71 Å². The van der Waals surface area contributed by atoms with Crippen LogP contribution in [0.5, 0.6) is 0 Å². The van der Waals surface area contributed by atoms with Crippen molar-refractivity contribution in [3.8, 4) is 0 Å². The Bertz CT molecular complexity index is 568. The molecule has 1 aromatic heterocycles. The molecule has 6 heteroatoms. The third-order valence-corrected chi connectivity index (χ3v) is 5.41. The van der Waals surface area contributed by atoms with Gasteiger partial charge in [0.05, 0.1) is 0 Å². The predicted molar refractivity (Wildman–Crippen MR) is 84.8 cm³/mol. The van der Waals surface area contributed by atoms with Crippen molar-refractivity contribution in [3.63, 3.8) is 0 Å². The second-order valence-corrected chi connectivity index (χ2v) is 7.59. The number of nitrogens with one attached hydrogen (secondary N) is 2. The fourth-order valence-corrected chi connectivity index (χ4v) is 3.82. The first kappa shape index (κ1) is 16.2. The molecular weight excluding hydrogens is 286 g/mol. The Morgan fingerprint density at radius 3 is 2.67 bits per heavy atom. The van der Waals surface area contributed by atoms with E-state index in [1.165, 1.54) is 0 Å². The Kier molecular flexibility index (Phi) is 5.22. The van der Waals surface area contributed by atoms with Crippen LogP contribution in [0.25, 0.3) is 0 Å². The highest BCUT2D eigenvalue weighted by Gasteiger charge is 2.42. The Morgan fingerprint density at radius 2 is 2.05 bits per heavy atom. The zero-order chi connectivity index (χ0) is 15.3. The van der Waals surface area contributed by atoms with Crippen LogP contribution in [0.1, 0.15) is 46.0 Å². The van der Waals surface area contributed by atoms with Crippen LogP contribution in [-0.2, 0) is 10.0 Å². The number of aromatic nitrogens is 1. The van der Waals surface area contributed by atoms with Crippen molar-refractivity contribution in [2.75, 3.05) is 18.4 Å². The number of anilines is 1. The van der Waals surface area contributed by atoms with E-state index in [9.17, 15) is 8.42 Å². The van der Waals surface area contributed by atoms with Crippen LogP contribution in [0.3, 0.4) is 0 Å². The van der Waals surface area contributed by atoms with Gasteiger partial charge in [0.1, 0.15) is 10.7 Å². The summed E-state index contributed by atoms with van der Waals surface area (Å²) in [5.74, 6) is 0.437. The van der Waals surface area contributed by atoms with E-state index < -0.39 is 10.0 Å². The molecule has 0 unspecified atom stereocenters. The van der Waals surface area contributed by atoms with E-state index in [1.54, 1.807) is 18.3 Å². The summed E-state index contributed by atoms with van der Waals surface area (Å²) in [6.07, 6.45) is 6.95. The lowest BCUT2D eigenvalue weighted by atomic mass is 10.0. The summed E-state index contributed by atoms with van der Waals surface area (Å²) in [4.78, 5) is 4.39. The summed E-state index contributed by atoms with van der Waals surface area (Å²) in [6, 6.07) is 3.26. The topological polar surface area (TPSA) is 71.1 Å². The van der Waals surface area contributed by atoms with E-state index in [-0.39, 0.29) is 10.3 Å². The van der Waals surface area contributed by atoms with Crippen molar-refractivity contribution in [1.29, 1.82) is 0 Å². The summed E-state index contributed by atoms with van der Waals surface area (Å²) in [5, 5.41) is 3.08. The summed E-state index contributed by atoms with van der Waals surface area (Å²) in [6.45, 7) is 5.41. The lowest BCUT2D eigenvalue weighted by molar-refractivity contribution is 0.449. The first-order chi connectivity index (χ1) is 10.0. The van der Waals surface area contributed by atoms with Crippen LogP contribution in [0.15, 0.2) is 23.2 Å². The van der Waals surface area contributed by atoms with Crippen molar-refractivity contribution >= 4 is 15.8 Å². The number of hydrogen-bond acceptors (Lipinski definition) is 4. The summed E-state index contributed by atoms with van der Waals surface area (Å²) in [7, 11) is -3.51. The minimum atomic E-state index is -3.51. The molecule has 2 rings (SSSR count). The van der Waals surface area contributed by atoms with E-state index in [0.717, 1.165) is 32.1 Å². The Balaban J connectivity index is 2.09. The second-order valence-electron chi connectivity index (χ2n) is 5.85. The van der Waals surface area contributed by atoms with E-state index >= 15 is 0 Å². The molecule has 1 saturated carbocycles. The summed E-state index contributed by atoms with van der Waals surface area (Å²) in [5.41, 5.74) is 0.195. The third-order valence-electron chi connectivity index (χ3n) is 3.98. The lowest BCUT2D eigenvalue weighted by Crippen LogP contribution is -2.31. The fourth-order valence-electron chi connectivity index (χ4n) is 2.53. The largest absolute Gasteiger partial charge is 0.369 e. The van der Waals surface area contributed by atoms with Gasteiger partial charge in [-0.2, -0.15) is 0 Å². The number of nitrogens with zero attached hydrogens (tertiary/aromatic N) is 1. The highest BCUT2D eigenvalue weighted by molar-refractivity contribution is 7.89. The number of hydrogen-bond donors (Lipinski definition) is 2. The van der Waals surface area contributed by atoms with Crippen molar-refractivity contribution in [2.24, 2.45) is 5.41 Å². The maximum Gasteiger partial charge on any atom is 0.244 e. The fraction of sp³-hybridized carbons (Fsp3) is 0.667. The maximum atomic E-state index is 12.5. The molecule has 1 aliphatic carbocycles. The Labute approximate surface area is 127 Å². The van der Waals surface area contributed by atoms with Gasteiger partial charge in [-0.15, -0.1) is 0 Å². The minimum absolute atomic E-state index is 0.195. The molecule has 0 aliphatic heterocycles. The summed E-state index contributed by atoms with van der Waals surface area (Å²) < 4.78 is 27.8. The van der Waals surface area contributed by atoms with Crippen LogP contribution in [0.2, 0.25) is 0 Å². The van der Waals surface area contributed by atoms with Gasteiger partial charge in [0, 0.05) is 19.3 Å². The van der Waals surface area contributed by atoms with Crippen molar-refractivity contribution in [2.45, 2.75) is 50.8 Å². The van der Waals surface area contributed by atoms with Gasteiger partial charge in [-0.05, 0) is 43.2 Å². The van der Waals surface area contributed by atoms with Crippen LogP contribution in [0.4, 0.5) is 5.82 Å². The molecule has 1 fully saturated rings. The molecule has 0 amide bonds. The van der Waals surface area contributed by atoms with Crippen molar-refractivity contribution < 1.29 is 8.42 Å². The zero-order valence-electron chi connectivity index (χ0n) is 12.9. The first-order valence-corrected chi connectivity index (χ1v) is 9.20. The van der Waals surface area contributed by atoms with Gasteiger partial charge in [0.2, 0.25) is 10.0 Å². The molecule has 1 aromatic rings. The molecule has 0 atom stereocenters. The minimum Gasteiger partial charge on any atom is -0.369 e.